The summed E-state index contributed by atoms with van der Waals surface area (Å²) in [6, 6.07) is 0.215. The average molecular weight is 203 g/mol. The normalized spacial score (nSPS) is 14.4. The number of ether oxygens (including phenoxy) is 1. The van der Waals surface area contributed by atoms with Crippen LogP contribution in [-0.4, -0.2) is 37.0 Å². The Morgan fingerprint density at radius 2 is 1.93 bits per heavy atom. The quantitative estimate of drug-likeness (QED) is 0.617. The lowest BCUT2D eigenvalue weighted by Gasteiger charge is -2.27. The van der Waals surface area contributed by atoms with Gasteiger partial charge in [0.2, 0.25) is 0 Å². The summed E-state index contributed by atoms with van der Waals surface area (Å²) in [7, 11) is 1.72. The lowest BCUT2D eigenvalue weighted by Crippen LogP contribution is -2.45. The topological polar surface area (TPSA) is 41.5 Å². The van der Waals surface area contributed by atoms with Crippen molar-refractivity contribution >= 4 is 0 Å². The maximum Gasteiger partial charge on any atom is 0.0584 e. The van der Waals surface area contributed by atoms with Gasteiger partial charge >= 0.3 is 0 Å². The molecule has 0 rings (SSSR count). The minimum absolute atomic E-state index is 0.0780. The molecule has 3 nitrogen and oxygen atoms in total. The average Bonchev–Trinajstić information content (AvgIpc) is 2.08. The molecule has 0 aromatic carbocycles. The maximum atomic E-state index is 9.15. The predicted molar refractivity (Wildman–Crippen MR) is 59.5 cm³/mol. The van der Waals surface area contributed by atoms with Gasteiger partial charge in [-0.1, -0.05) is 0 Å². The molecule has 0 aliphatic carbocycles. The van der Waals surface area contributed by atoms with Gasteiger partial charge in [0.25, 0.3) is 0 Å². The Bertz CT molecular complexity index is 132. The van der Waals surface area contributed by atoms with Crippen molar-refractivity contribution in [3.63, 3.8) is 0 Å². The number of rotatable bonds is 7. The molecular formula is C11H25NO2. The molecule has 0 spiro atoms. The SMILES string of the molecule is COCCCCC(CO)NC(C)(C)C. The summed E-state index contributed by atoms with van der Waals surface area (Å²) < 4.78 is 4.98. The van der Waals surface area contributed by atoms with Crippen molar-refractivity contribution in [2.75, 3.05) is 20.3 Å². The van der Waals surface area contributed by atoms with Crippen molar-refractivity contribution in [1.29, 1.82) is 0 Å². The summed E-state index contributed by atoms with van der Waals surface area (Å²) in [6.07, 6.45) is 3.18. The van der Waals surface area contributed by atoms with E-state index in [1.807, 2.05) is 0 Å². The highest BCUT2D eigenvalue weighted by Crippen LogP contribution is 2.06. The molecule has 2 N–H and O–H groups in total. The first-order chi connectivity index (χ1) is 6.49. The molecule has 1 atom stereocenters. The molecule has 1 unspecified atom stereocenters. The molecular weight excluding hydrogens is 178 g/mol. The fourth-order valence-electron chi connectivity index (χ4n) is 1.46. The van der Waals surface area contributed by atoms with Gasteiger partial charge in [0.05, 0.1) is 6.61 Å². The Balaban J connectivity index is 3.58. The molecule has 0 bridgehead atoms. The van der Waals surface area contributed by atoms with Crippen LogP contribution in [0.1, 0.15) is 40.0 Å². The minimum atomic E-state index is 0.0780. The summed E-state index contributed by atoms with van der Waals surface area (Å²) in [4.78, 5) is 0. The van der Waals surface area contributed by atoms with E-state index in [-0.39, 0.29) is 18.2 Å². The summed E-state index contributed by atoms with van der Waals surface area (Å²) in [5.41, 5.74) is 0.0780. The largest absolute Gasteiger partial charge is 0.395 e. The van der Waals surface area contributed by atoms with Crippen LogP contribution in [0.3, 0.4) is 0 Å². The monoisotopic (exact) mass is 203 g/mol. The zero-order valence-electron chi connectivity index (χ0n) is 9.97. The number of methoxy groups -OCH3 is 1. The first-order valence-corrected chi connectivity index (χ1v) is 5.37. The molecule has 0 aromatic rings. The van der Waals surface area contributed by atoms with Gasteiger partial charge in [-0.3, -0.25) is 0 Å². The third-order valence-corrected chi connectivity index (χ3v) is 2.01. The zero-order chi connectivity index (χ0) is 11.0. The standard InChI is InChI=1S/C11H25NO2/c1-11(2,3)12-10(9-13)7-5-6-8-14-4/h10,12-13H,5-9H2,1-4H3. The number of nitrogens with one attached hydrogen (secondary N) is 1. The molecule has 14 heavy (non-hydrogen) atoms. The molecule has 0 saturated carbocycles. The third kappa shape index (κ3) is 8.48. The van der Waals surface area contributed by atoms with Gasteiger partial charge in [-0.25, -0.2) is 0 Å². The molecule has 0 aliphatic heterocycles. The van der Waals surface area contributed by atoms with Crippen molar-refractivity contribution in [2.24, 2.45) is 0 Å². The van der Waals surface area contributed by atoms with Gasteiger partial charge in [0.15, 0.2) is 0 Å². The van der Waals surface area contributed by atoms with E-state index >= 15 is 0 Å². The van der Waals surface area contributed by atoms with Crippen LogP contribution < -0.4 is 5.32 Å². The summed E-state index contributed by atoms with van der Waals surface area (Å²) in [5, 5.41) is 12.5. The number of aliphatic hydroxyl groups excluding tert-OH is 1. The fraction of sp³-hybridized carbons (Fsp3) is 1.00. The third-order valence-electron chi connectivity index (χ3n) is 2.01. The molecule has 3 heteroatoms. The van der Waals surface area contributed by atoms with Crippen molar-refractivity contribution in [2.45, 2.75) is 51.6 Å². The molecule has 0 aromatic heterocycles. The van der Waals surface area contributed by atoms with E-state index in [2.05, 4.69) is 26.1 Å². The highest BCUT2D eigenvalue weighted by molar-refractivity contribution is 4.77. The van der Waals surface area contributed by atoms with Crippen LogP contribution in [0.4, 0.5) is 0 Å². The first-order valence-electron chi connectivity index (χ1n) is 5.37. The van der Waals surface area contributed by atoms with Gasteiger partial charge in [0.1, 0.15) is 0 Å². The molecule has 0 heterocycles. The number of unbranched alkanes of at least 4 members (excludes halogenated alkanes) is 1. The number of hydrogen-bond donors (Lipinski definition) is 2. The van der Waals surface area contributed by atoms with Crippen molar-refractivity contribution < 1.29 is 9.84 Å². The second-order valence-electron chi connectivity index (χ2n) is 4.76. The molecule has 0 amide bonds. The first kappa shape index (κ1) is 13.9. The lowest BCUT2D eigenvalue weighted by atomic mass is 10.0. The molecule has 0 fully saturated rings. The highest BCUT2D eigenvalue weighted by Gasteiger charge is 2.15. The van der Waals surface area contributed by atoms with E-state index in [4.69, 9.17) is 9.84 Å². The Morgan fingerprint density at radius 3 is 2.36 bits per heavy atom. The van der Waals surface area contributed by atoms with Gasteiger partial charge in [-0.15, -0.1) is 0 Å². The second-order valence-corrected chi connectivity index (χ2v) is 4.76. The van der Waals surface area contributed by atoms with Crippen molar-refractivity contribution in [3.8, 4) is 0 Å². The van der Waals surface area contributed by atoms with Crippen LogP contribution >= 0.6 is 0 Å². The van der Waals surface area contributed by atoms with Crippen molar-refractivity contribution in [1.82, 2.24) is 5.32 Å². The van der Waals surface area contributed by atoms with Gasteiger partial charge < -0.3 is 15.2 Å². The van der Waals surface area contributed by atoms with Crippen LogP contribution in [0.15, 0.2) is 0 Å². The van der Waals surface area contributed by atoms with Gasteiger partial charge in [0, 0.05) is 25.3 Å². The van der Waals surface area contributed by atoms with E-state index in [1.165, 1.54) is 0 Å². The van der Waals surface area contributed by atoms with Crippen molar-refractivity contribution in [3.05, 3.63) is 0 Å². The van der Waals surface area contributed by atoms with Crippen LogP contribution in [-0.2, 0) is 4.74 Å². The summed E-state index contributed by atoms with van der Waals surface area (Å²) in [5.74, 6) is 0. The summed E-state index contributed by atoms with van der Waals surface area (Å²) >= 11 is 0. The van der Waals surface area contributed by atoms with E-state index in [0.29, 0.717) is 0 Å². The number of aliphatic hydroxyl groups is 1. The van der Waals surface area contributed by atoms with E-state index in [0.717, 1.165) is 25.9 Å². The smallest absolute Gasteiger partial charge is 0.0584 e. The van der Waals surface area contributed by atoms with Crippen LogP contribution in [0.25, 0.3) is 0 Å². The molecule has 0 aliphatic rings. The number of hydrogen-bond acceptors (Lipinski definition) is 3. The minimum Gasteiger partial charge on any atom is -0.395 e. The van der Waals surface area contributed by atoms with E-state index < -0.39 is 0 Å². The van der Waals surface area contributed by atoms with Gasteiger partial charge in [-0.05, 0) is 40.0 Å². The Hall–Kier alpha value is -0.120. The maximum absolute atomic E-state index is 9.15. The second kappa shape index (κ2) is 7.21. The van der Waals surface area contributed by atoms with Crippen LogP contribution in [0.2, 0.25) is 0 Å². The van der Waals surface area contributed by atoms with E-state index in [1.54, 1.807) is 7.11 Å². The Kier molecular flexibility index (Phi) is 7.15. The molecule has 0 saturated heterocycles. The van der Waals surface area contributed by atoms with Crippen LogP contribution in [0.5, 0.6) is 0 Å². The highest BCUT2D eigenvalue weighted by atomic mass is 16.5. The Morgan fingerprint density at radius 1 is 1.29 bits per heavy atom. The summed E-state index contributed by atoms with van der Waals surface area (Å²) in [6.45, 7) is 7.37. The molecule has 86 valence electrons. The molecule has 0 radical (unpaired) electrons. The predicted octanol–water partition coefficient (Wildman–Crippen LogP) is 1.55. The van der Waals surface area contributed by atoms with Crippen LogP contribution in [0, 0.1) is 0 Å². The van der Waals surface area contributed by atoms with Gasteiger partial charge in [-0.2, -0.15) is 0 Å². The zero-order valence-corrected chi connectivity index (χ0v) is 9.97. The Labute approximate surface area is 87.8 Å². The van der Waals surface area contributed by atoms with E-state index in [9.17, 15) is 0 Å². The lowest BCUT2D eigenvalue weighted by molar-refractivity contribution is 0.179. The fourth-order valence-corrected chi connectivity index (χ4v) is 1.46.